The molecule has 0 heterocycles. The van der Waals surface area contributed by atoms with Gasteiger partial charge in [0.25, 0.3) is 0 Å². The van der Waals surface area contributed by atoms with Gasteiger partial charge in [0.2, 0.25) is 0 Å². The van der Waals surface area contributed by atoms with Gasteiger partial charge in [0.15, 0.2) is 0 Å². The van der Waals surface area contributed by atoms with Crippen LogP contribution >= 0.6 is 12.4 Å². The van der Waals surface area contributed by atoms with Crippen LogP contribution in [-0.2, 0) is 0 Å². The van der Waals surface area contributed by atoms with Gasteiger partial charge in [0.1, 0.15) is 0 Å². The largest absolute Gasteiger partial charge is 0.328 e. The molecular formula is C9H20ClN. The summed E-state index contributed by atoms with van der Waals surface area (Å²) in [5, 5.41) is 0. The minimum absolute atomic E-state index is 0. The summed E-state index contributed by atoms with van der Waals surface area (Å²) in [5.74, 6) is 1.83. The Morgan fingerprint density at radius 2 is 1.55 bits per heavy atom. The molecule has 2 N–H and O–H groups in total. The molecule has 68 valence electrons. The lowest BCUT2D eigenvalue weighted by Gasteiger charge is -2.28. The highest BCUT2D eigenvalue weighted by Crippen LogP contribution is 2.28. The molecule has 0 bridgehead atoms. The number of rotatable bonds is 1. The van der Waals surface area contributed by atoms with E-state index in [2.05, 4.69) is 13.8 Å². The molecule has 0 atom stereocenters. The third-order valence-electron chi connectivity index (χ3n) is 2.76. The van der Waals surface area contributed by atoms with E-state index in [1.807, 2.05) is 0 Å². The van der Waals surface area contributed by atoms with Gasteiger partial charge in [-0.25, -0.2) is 0 Å². The number of nitrogens with two attached hydrogens (primary N) is 1. The second-order valence-corrected chi connectivity index (χ2v) is 3.92. The van der Waals surface area contributed by atoms with Crippen LogP contribution in [-0.4, -0.2) is 6.04 Å². The molecule has 0 amide bonds. The molecule has 0 aromatic carbocycles. The average molecular weight is 178 g/mol. The van der Waals surface area contributed by atoms with E-state index in [-0.39, 0.29) is 12.4 Å². The lowest BCUT2D eigenvalue weighted by Crippen LogP contribution is -2.28. The quantitative estimate of drug-likeness (QED) is 0.655. The van der Waals surface area contributed by atoms with E-state index in [0.29, 0.717) is 6.04 Å². The fourth-order valence-electron chi connectivity index (χ4n) is 1.81. The van der Waals surface area contributed by atoms with E-state index in [4.69, 9.17) is 5.73 Å². The molecule has 0 unspecified atom stereocenters. The minimum atomic E-state index is 0. The van der Waals surface area contributed by atoms with Gasteiger partial charge in [-0.05, 0) is 37.5 Å². The fourth-order valence-corrected chi connectivity index (χ4v) is 1.81. The molecule has 0 radical (unpaired) electrons. The molecule has 1 aliphatic rings. The Morgan fingerprint density at radius 3 is 1.91 bits per heavy atom. The highest BCUT2D eigenvalue weighted by atomic mass is 35.5. The number of hydrogen-bond acceptors (Lipinski definition) is 1. The molecule has 1 aliphatic carbocycles. The van der Waals surface area contributed by atoms with E-state index in [0.717, 1.165) is 11.8 Å². The molecule has 11 heavy (non-hydrogen) atoms. The normalized spacial score (nSPS) is 31.6. The third-order valence-corrected chi connectivity index (χ3v) is 2.76. The summed E-state index contributed by atoms with van der Waals surface area (Å²) in [7, 11) is 0. The van der Waals surface area contributed by atoms with Crippen molar-refractivity contribution >= 4 is 12.4 Å². The first-order valence-electron chi connectivity index (χ1n) is 4.45. The third kappa shape index (κ3) is 3.44. The van der Waals surface area contributed by atoms with E-state index < -0.39 is 0 Å². The zero-order valence-corrected chi connectivity index (χ0v) is 8.36. The van der Waals surface area contributed by atoms with Crippen LogP contribution in [0.5, 0.6) is 0 Å². The molecule has 0 spiro atoms. The zero-order valence-electron chi connectivity index (χ0n) is 7.55. The Balaban J connectivity index is 0.000001000. The van der Waals surface area contributed by atoms with Gasteiger partial charge in [-0.15, -0.1) is 12.4 Å². The van der Waals surface area contributed by atoms with E-state index in [9.17, 15) is 0 Å². The van der Waals surface area contributed by atoms with Crippen molar-refractivity contribution in [1.82, 2.24) is 0 Å². The van der Waals surface area contributed by atoms with E-state index in [1.54, 1.807) is 0 Å². The van der Waals surface area contributed by atoms with Gasteiger partial charge < -0.3 is 5.73 Å². The summed E-state index contributed by atoms with van der Waals surface area (Å²) in [6.45, 7) is 4.64. The van der Waals surface area contributed by atoms with Crippen LogP contribution in [0.3, 0.4) is 0 Å². The first kappa shape index (κ1) is 11.2. The van der Waals surface area contributed by atoms with E-state index in [1.165, 1.54) is 25.7 Å². The van der Waals surface area contributed by atoms with Crippen LogP contribution in [0.4, 0.5) is 0 Å². The zero-order chi connectivity index (χ0) is 7.56. The SMILES string of the molecule is CC(C)[C@H]1CC[C@@H](N)CC1.Cl. The van der Waals surface area contributed by atoms with Crippen molar-refractivity contribution in [2.24, 2.45) is 17.6 Å². The predicted octanol–water partition coefficient (Wildman–Crippen LogP) is 2.58. The molecule has 0 aromatic rings. The Labute approximate surface area is 76.1 Å². The smallest absolute Gasteiger partial charge is 0.00390 e. The van der Waals surface area contributed by atoms with Gasteiger partial charge >= 0.3 is 0 Å². The van der Waals surface area contributed by atoms with Gasteiger partial charge in [0.05, 0.1) is 0 Å². The summed E-state index contributed by atoms with van der Waals surface area (Å²) < 4.78 is 0. The first-order valence-corrected chi connectivity index (χ1v) is 4.45. The van der Waals surface area contributed by atoms with Crippen LogP contribution < -0.4 is 5.73 Å². The van der Waals surface area contributed by atoms with Gasteiger partial charge in [0, 0.05) is 6.04 Å². The number of halogens is 1. The van der Waals surface area contributed by atoms with Crippen molar-refractivity contribution in [3.63, 3.8) is 0 Å². The Morgan fingerprint density at radius 1 is 1.09 bits per heavy atom. The Bertz CT molecular complexity index is 95.7. The Hall–Kier alpha value is 0.250. The summed E-state index contributed by atoms with van der Waals surface area (Å²) in [6.07, 6.45) is 5.23. The first-order chi connectivity index (χ1) is 4.70. The van der Waals surface area contributed by atoms with Crippen LogP contribution in [0.2, 0.25) is 0 Å². The maximum Gasteiger partial charge on any atom is 0.00390 e. The lowest BCUT2D eigenvalue weighted by molar-refractivity contribution is 0.259. The van der Waals surface area contributed by atoms with Crippen LogP contribution in [0.25, 0.3) is 0 Å². The maximum absolute atomic E-state index is 5.80. The highest BCUT2D eigenvalue weighted by molar-refractivity contribution is 5.85. The highest BCUT2D eigenvalue weighted by Gasteiger charge is 2.20. The van der Waals surface area contributed by atoms with Gasteiger partial charge in [-0.1, -0.05) is 13.8 Å². The maximum atomic E-state index is 5.80. The minimum Gasteiger partial charge on any atom is -0.328 e. The van der Waals surface area contributed by atoms with Gasteiger partial charge in [-0.3, -0.25) is 0 Å². The van der Waals surface area contributed by atoms with Crippen molar-refractivity contribution in [3.8, 4) is 0 Å². The second kappa shape index (κ2) is 5.00. The molecule has 1 fully saturated rings. The number of hydrogen-bond donors (Lipinski definition) is 1. The average Bonchev–Trinajstić information content (AvgIpc) is 1.88. The molecule has 2 heteroatoms. The van der Waals surface area contributed by atoms with Crippen LogP contribution in [0.1, 0.15) is 39.5 Å². The summed E-state index contributed by atoms with van der Waals surface area (Å²) >= 11 is 0. The van der Waals surface area contributed by atoms with Gasteiger partial charge in [-0.2, -0.15) is 0 Å². The molecular weight excluding hydrogens is 158 g/mol. The van der Waals surface area contributed by atoms with Crippen LogP contribution in [0.15, 0.2) is 0 Å². The molecule has 0 aliphatic heterocycles. The standard InChI is InChI=1S/C9H19N.ClH/c1-7(2)8-3-5-9(10)6-4-8;/h7-9H,3-6,10H2,1-2H3;1H/t8-,9+;. The van der Waals surface area contributed by atoms with Crippen molar-refractivity contribution in [1.29, 1.82) is 0 Å². The van der Waals surface area contributed by atoms with Crippen molar-refractivity contribution in [2.45, 2.75) is 45.6 Å². The van der Waals surface area contributed by atoms with Crippen molar-refractivity contribution in [3.05, 3.63) is 0 Å². The monoisotopic (exact) mass is 177 g/mol. The summed E-state index contributed by atoms with van der Waals surface area (Å²) in [4.78, 5) is 0. The molecule has 0 saturated heterocycles. The van der Waals surface area contributed by atoms with Crippen molar-refractivity contribution < 1.29 is 0 Å². The second-order valence-electron chi connectivity index (χ2n) is 3.92. The van der Waals surface area contributed by atoms with Crippen LogP contribution in [0, 0.1) is 11.8 Å². The molecule has 1 rings (SSSR count). The van der Waals surface area contributed by atoms with E-state index >= 15 is 0 Å². The fraction of sp³-hybridized carbons (Fsp3) is 1.00. The molecule has 1 saturated carbocycles. The summed E-state index contributed by atoms with van der Waals surface area (Å²) in [6, 6.07) is 0.509. The van der Waals surface area contributed by atoms with Crippen molar-refractivity contribution in [2.75, 3.05) is 0 Å². The molecule has 1 nitrogen and oxygen atoms in total. The predicted molar refractivity (Wildman–Crippen MR) is 52.0 cm³/mol. The summed E-state index contributed by atoms with van der Waals surface area (Å²) in [5.41, 5.74) is 5.80. The molecule has 0 aromatic heterocycles. The Kier molecular flexibility index (Phi) is 5.11. The topological polar surface area (TPSA) is 26.0 Å². The lowest BCUT2D eigenvalue weighted by atomic mass is 9.80.